The van der Waals surface area contributed by atoms with Crippen molar-refractivity contribution in [1.29, 1.82) is 0 Å². The van der Waals surface area contributed by atoms with Gasteiger partial charge in [0.2, 0.25) is 0 Å². The Kier molecular flexibility index (Phi) is 5.86. The van der Waals surface area contributed by atoms with Crippen LogP contribution in [0, 0.1) is 10.1 Å². The molecule has 24 heavy (non-hydrogen) atoms. The molecule has 2 aromatic carbocycles. The van der Waals surface area contributed by atoms with Gasteiger partial charge < -0.3 is 10.1 Å². The van der Waals surface area contributed by atoms with E-state index in [0.29, 0.717) is 15.6 Å². The Labute approximate surface area is 145 Å². The minimum atomic E-state index is -2.97. The van der Waals surface area contributed by atoms with Crippen LogP contribution in [0.3, 0.4) is 0 Å². The number of anilines is 1. The molecule has 0 aromatic heterocycles. The zero-order chi connectivity index (χ0) is 17.7. The molecule has 0 aliphatic carbocycles. The smallest absolute Gasteiger partial charge is 0.387 e. The van der Waals surface area contributed by atoms with Gasteiger partial charge in [-0.25, -0.2) is 0 Å². The molecule has 0 spiro atoms. The SMILES string of the molecule is C=Cc1cccc(OC(F)F)c1CNc1cc(Br)ccc1[N+](=O)[O-]. The summed E-state index contributed by atoms with van der Waals surface area (Å²) in [6.45, 7) is 0.729. The Morgan fingerprint density at radius 1 is 1.38 bits per heavy atom. The molecule has 1 N–H and O–H groups in total. The maximum Gasteiger partial charge on any atom is 0.387 e. The number of nitrogens with one attached hydrogen (secondary N) is 1. The number of rotatable bonds is 7. The third kappa shape index (κ3) is 4.29. The van der Waals surface area contributed by atoms with Gasteiger partial charge in [-0.1, -0.05) is 40.7 Å². The number of halogens is 3. The quantitative estimate of drug-likeness (QED) is 0.513. The molecule has 0 amide bonds. The van der Waals surface area contributed by atoms with Gasteiger partial charge in [-0.2, -0.15) is 8.78 Å². The zero-order valence-corrected chi connectivity index (χ0v) is 13.9. The third-order valence-electron chi connectivity index (χ3n) is 3.22. The Balaban J connectivity index is 2.34. The zero-order valence-electron chi connectivity index (χ0n) is 12.3. The minimum absolute atomic E-state index is 0.00690. The van der Waals surface area contributed by atoms with E-state index in [-0.39, 0.29) is 23.7 Å². The summed E-state index contributed by atoms with van der Waals surface area (Å²) in [6.07, 6.45) is 1.50. The summed E-state index contributed by atoms with van der Waals surface area (Å²) in [6, 6.07) is 9.11. The molecule has 0 fully saturated rings. The second kappa shape index (κ2) is 7.87. The molecular formula is C16H13BrF2N2O3. The van der Waals surface area contributed by atoms with Gasteiger partial charge in [0.15, 0.2) is 0 Å². The monoisotopic (exact) mass is 398 g/mol. The molecule has 8 heteroatoms. The second-order valence-corrected chi connectivity index (χ2v) is 5.59. The average molecular weight is 399 g/mol. The first-order valence-electron chi connectivity index (χ1n) is 6.79. The van der Waals surface area contributed by atoms with Crippen LogP contribution in [0.25, 0.3) is 6.08 Å². The summed E-state index contributed by atoms with van der Waals surface area (Å²) in [5.74, 6) is -0.00690. The summed E-state index contributed by atoms with van der Waals surface area (Å²) in [5.41, 5.74) is 1.17. The first-order valence-corrected chi connectivity index (χ1v) is 7.58. The molecule has 2 rings (SSSR count). The molecule has 0 aliphatic heterocycles. The van der Waals surface area contributed by atoms with Gasteiger partial charge >= 0.3 is 6.61 Å². The van der Waals surface area contributed by atoms with Crippen LogP contribution in [0.2, 0.25) is 0 Å². The van der Waals surface area contributed by atoms with Gasteiger partial charge in [-0.3, -0.25) is 10.1 Å². The van der Waals surface area contributed by atoms with Crippen molar-refractivity contribution in [2.24, 2.45) is 0 Å². The van der Waals surface area contributed by atoms with Crippen LogP contribution in [0.5, 0.6) is 5.75 Å². The lowest BCUT2D eigenvalue weighted by Gasteiger charge is -2.15. The van der Waals surface area contributed by atoms with Gasteiger partial charge in [0.05, 0.1) is 4.92 Å². The Hall–Kier alpha value is -2.48. The molecule has 0 saturated heterocycles. The van der Waals surface area contributed by atoms with E-state index in [9.17, 15) is 18.9 Å². The normalized spacial score (nSPS) is 10.5. The number of hydrogen-bond donors (Lipinski definition) is 1. The lowest BCUT2D eigenvalue weighted by molar-refractivity contribution is -0.384. The fraction of sp³-hybridized carbons (Fsp3) is 0.125. The predicted molar refractivity (Wildman–Crippen MR) is 91.3 cm³/mol. The molecule has 0 heterocycles. The molecule has 2 aromatic rings. The van der Waals surface area contributed by atoms with Gasteiger partial charge in [-0.15, -0.1) is 0 Å². The summed E-state index contributed by atoms with van der Waals surface area (Å²) in [7, 11) is 0. The van der Waals surface area contributed by atoms with E-state index in [2.05, 4.69) is 32.6 Å². The van der Waals surface area contributed by atoms with E-state index in [1.165, 1.54) is 18.2 Å². The number of benzene rings is 2. The Morgan fingerprint density at radius 2 is 2.12 bits per heavy atom. The highest BCUT2D eigenvalue weighted by Crippen LogP contribution is 2.31. The molecule has 126 valence electrons. The van der Waals surface area contributed by atoms with E-state index in [1.54, 1.807) is 24.3 Å². The lowest BCUT2D eigenvalue weighted by Crippen LogP contribution is -2.09. The Morgan fingerprint density at radius 3 is 2.75 bits per heavy atom. The van der Waals surface area contributed by atoms with E-state index >= 15 is 0 Å². The average Bonchev–Trinajstić information content (AvgIpc) is 2.52. The van der Waals surface area contributed by atoms with Crippen molar-refractivity contribution in [3.63, 3.8) is 0 Å². The van der Waals surface area contributed by atoms with Gasteiger partial charge in [-0.05, 0) is 23.8 Å². The number of nitrogens with zero attached hydrogens (tertiary/aromatic N) is 1. The lowest BCUT2D eigenvalue weighted by atomic mass is 10.1. The van der Waals surface area contributed by atoms with E-state index in [0.717, 1.165) is 0 Å². The highest BCUT2D eigenvalue weighted by atomic mass is 79.9. The number of alkyl halides is 2. The Bertz CT molecular complexity index is 769. The highest BCUT2D eigenvalue weighted by Gasteiger charge is 2.16. The first-order chi connectivity index (χ1) is 11.4. The van der Waals surface area contributed by atoms with Crippen molar-refractivity contribution in [2.45, 2.75) is 13.2 Å². The molecule has 0 atom stereocenters. The molecule has 0 unspecified atom stereocenters. The van der Waals surface area contributed by atoms with Crippen molar-refractivity contribution >= 4 is 33.4 Å². The summed E-state index contributed by atoms with van der Waals surface area (Å²) >= 11 is 3.24. The minimum Gasteiger partial charge on any atom is -0.434 e. The molecule has 0 saturated carbocycles. The molecule has 0 bridgehead atoms. The van der Waals surface area contributed by atoms with Crippen LogP contribution in [0.1, 0.15) is 11.1 Å². The van der Waals surface area contributed by atoms with Crippen LogP contribution < -0.4 is 10.1 Å². The topological polar surface area (TPSA) is 64.4 Å². The van der Waals surface area contributed by atoms with Crippen molar-refractivity contribution < 1.29 is 18.4 Å². The van der Waals surface area contributed by atoms with Crippen LogP contribution >= 0.6 is 15.9 Å². The van der Waals surface area contributed by atoms with Gasteiger partial charge in [0.25, 0.3) is 5.69 Å². The molecule has 5 nitrogen and oxygen atoms in total. The van der Waals surface area contributed by atoms with Crippen molar-refractivity contribution in [2.75, 3.05) is 5.32 Å². The van der Waals surface area contributed by atoms with E-state index in [4.69, 9.17) is 0 Å². The summed E-state index contributed by atoms with van der Waals surface area (Å²) < 4.78 is 30.3. The van der Waals surface area contributed by atoms with Crippen molar-refractivity contribution in [3.05, 3.63) is 68.7 Å². The maximum atomic E-state index is 12.6. The molecule has 0 aliphatic rings. The first kappa shape index (κ1) is 17.9. The number of nitro groups is 1. The summed E-state index contributed by atoms with van der Waals surface area (Å²) in [4.78, 5) is 10.6. The largest absolute Gasteiger partial charge is 0.434 e. The van der Waals surface area contributed by atoms with Crippen LogP contribution in [0.15, 0.2) is 47.4 Å². The van der Waals surface area contributed by atoms with Crippen LogP contribution in [-0.4, -0.2) is 11.5 Å². The fourth-order valence-corrected chi connectivity index (χ4v) is 2.52. The van der Waals surface area contributed by atoms with Gasteiger partial charge in [0.1, 0.15) is 11.4 Å². The van der Waals surface area contributed by atoms with E-state index in [1.807, 2.05) is 0 Å². The number of nitro benzene ring substituents is 1. The third-order valence-corrected chi connectivity index (χ3v) is 3.71. The fourth-order valence-electron chi connectivity index (χ4n) is 2.16. The standard InChI is InChI=1S/C16H13BrF2N2O3/c1-2-10-4-3-5-15(24-16(18)19)12(10)9-20-13-8-11(17)6-7-14(13)21(22)23/h2-8,16,20H,1,9H2. The summed E-state index contributed by atoms with van der Waals surface area (Å²) in [5, 5.41) is 14.0. The predicted octanol–water partition coefficient (Wildman–Crippen LogP) is 5.21. The van der Waals surface area contributed by atoms with E-state index < -0.39 is 11.5 Å². The molecule has 0 radical (unpaired) electrons. The highest BCUT2D eigenvalue weighted by molar-refractivity contribution is 9.10. The van der Waals surface area contributed by atoms with Gasteiger partial charge in [0, 0.05) is 22.6 Å². The van der Waals surface area contributed by atoms with Crippen molar-refractivity contribution in [1.82, 2.24) is 0 Å². The number of hydrogen-bond acceptors (Lipinski definition) is 4. The maximum absolute atomic E-state index is 12.6. The number of ether oxygens (including phenoxy) is 1. The van der Waals surface area contributed by atoms with Crippen LogP contribution in [-0.2, 0) is 6.54 Å². The van der Waals surface area contributed by atoms with Crippen molar-refractivity contribution in [3.8, 4) is 5.75 Å². The van der Waals surface area contributed by atoms with Crippen LogP contribution in [0.4, 0.5) is 20.2 Å². The second-order valence-electron chi connectivity index (χ2n) is 4.68. The molecular weight excluding hydrogens is 386 g/mol.